The van der Waals surface area contributed by atoms with Gasteiger partial charge in [0.2, 0.25) is 17.7 Å². The van der Waals surface area contributed by atoms with Crippen LogP contribution in [0.4, 0.5) is 16.0 Å². The van der Waals surface area contributed by atoms with Gasteiger partial charge in [-0.05, 0) is 82.2 Å². The molecule has 3 aromatic heterocycles. The van der Waals surface area contributed by atoms with Gasteiger partial charge in [0, 0.05) is 32.1 Å². The molecule has 0 spiro atoms. The number of hydrogen-bond donors (Lipinski definition) is 1. The van der Waals surface area contributed by atoms with E-state index in [-0.39, 0.29) is 34.8 Å². The van der Waals surface area contributed by atoms with Crippen LogP contribution in [-0.2, 0) is 16.6 Å². The van der Waals surface area contributed by atoms with Gasteiger partial charge in [-0.2, -0.15) is 5.10 Å². The molecule has 0 atom stereocenters. The molecule has 1 N–H and O–H groups in total. The van der Waals surface area contributed by atoms with E-state index in [0.717, 1.165) is 42.8 Å². The van der Waals surface area contributed by atoms with Gasteiger partial charge in [0.25, 0.3) is 0 Å². The SMILES string of the molecule is CC.CP=C(C)C1(C(=O)Nc2cc(C)nn2C)CC1.Cc1ccc(Oc2ccc3nc(N(C)C(=O)C4CC4)cn3n2)c(F)c1. The number of aryl methyl sites for hydroxylation is 3. The highest BCUT2D eigenvalue weighted by molar-refractivity contribution is 7.40. The quantitative estimate of drug-likeness (QED) is 0.234. The van der Waals surface area contributed by atoms with Crippen LogP contribution >= 0.6 is 8.20 Å². The van der Waals surface area contributed by atoms with Gasteiger partial charge in [0.15, 0.2) is 23.0 Å². The van der Waals surface area contributed by atoms with Crippen LogP contribution in [0.5, 0.6) is 11.6 Å². The lowest BCUT2D eigenvalue weighted by atomic mass is 10.0. The Morgan fingerprint density at radius 1 is 1.11 bits per heavy atom. The number of hydrogen-bond acceptors (Lipinski definition) is 6. The minimum atomic E-state index is -0.442. The Morgan fingerprint density at radius 3 is 2.39 bits per heavy atom. The lowest BCUT2D eigenvalue weighted by molar-refractivity contribution is -0.120. The monoisotopic (exact) mass is 621 g/mol. The molecule has 2 saturated carbocycles. The van der Waals surface area contributed by atoms with Gasteiger partial charge in [0.1, 0.15) is 5.82 Å². The van der Waals surface area contributed by atoms with Gasteiger partial charge < -0.3 is 10.1 Å². The number of nitrogens with zero attached hydrogens (tertiary/aromatic N) is 6. The second-order valence-electron chi connectivity index (χ2n) is 10.9. The average Bonchev–Trinajstić information content (AvgIpc) is 3.94. The van der Waals surface area contributed by atoms with Crippen LogP contribution in [0.1, 0.15) is 57.7 Å². The van der Waals surface area contributed by atoms with E-state index in [0.29, 0.717) is 11.5 Å². The van der Waals surface area contributed by atoms with Crippen molar-refractivity contribution in [1.82, 2.24) is 24.4 Å². The largest absolute Gasteiger partial charge is 0.435 e. The van der Waals surface area contributed by atoms with Crippen molar-refractivity contribution < 1.29 is 18.7 Å². The maximum absolute atomic E-state index is 13.9. The molecule has 0 unspecified atom stereocenters. The number of carbonyl (C=O) groups is 2. The minimum absolute atomic E-state index is 0.0709. The van der Waals surface area contributed by atoms with Crippen molar-refractivity contribution in [3.8, 4) is 11.6 Å². The molecule has 2 aliphatic carbocycles. The summed E-state index contributed by atoms with van der Waals surface area (Å²) in [7, 11) is 4.76. The molecule has 10 nitrogen and oxygen atoms in total. The fraction of sp³-hybridized carbons (Fsp3) is 0.438. The summed E-state index contributed by atoms with van der Waals surface area (Å²) in [5.41, 5.74) is 2.11. The summed E-state index contributed by atoms with van der Waals surface area (Å²) in [5.74, 6) is 1.53. The molecular formula is C32H41FN7O3P. The van der Waals surface area contributed by atoms with E-state index in [1.54, 1.807) is 47.1 Å². The number of benzene rings is 1. The molecule has 2 fully saturated rings. The summed E-state index contributed by atoms with van der Waals surface area (Å²) in [4.78, 5) is 30.4. The van der Waals surface area contributed by atoms with Crippen molar-refractivity contribution >= 4 is 42.6 Å². The molecule has 234 valence electrons. The van der Waals surface area contributed by atoms with Gasteiger partial charge in [-0.1, -0.05) is 19.9 Å². The van der Waals surface area contributed by atoms with E-state index in [1.165, 1.54) is 24.1 Å². The molecule has 0 aliphatic heterocycles. The number of imidazole rings is 1. The Morgan fingerprint density at radius 2 is 1.82 bits per heavy atom. The number of amides is 2. The number of aromatic nitrogens is 5. The first-order chi connectivity index (χ1) is 21.0. The Hall–Kier alpha value is -4.11. The molecule has 1 aromatic carbocycles. The van der Waals surface area contributed by atoms with Crippen LogP contribution in [0.25, 0.3) is 5.65 Å². The molecule has 0 radical (unpaired) electrons. The molecule has 0 saturated heterocycles. The summed E-state index contributed by atoms with van der Waals surface area (Å²) in [6, 6.07) is 9.97. The summed E-state index contributed by atoms with van der Waals surface area (Å²) >= 11 is 0. The topological polar surface area (TPSA) is 107 Å². The Bertz CT molecular complexity index is 1690. The lowest BCUT2D eigenvalue weighted by Crippen LogP contribution is -2.30. The number of carbonyl (C=O) groups excluding carboxylic acids is 2. The van der Waals surface area contributed by atoms with Crippen LogP contribution in [0.15, 0.2) is 42.6 Å². The van der Waals surface area contributed by atoms with Crippen LogP contribution in [0.2, 0.25) is 0 Å². The maximum Gasteiger partial charge on any atom is 0.237 e. The zero-order chi connectivity index (χ0) is 32.2. The van der Waals surface area contributed by atoms with E-state index in [9.17, 15) is 14.0 Å². The number of rotatable bonds is 7. The van der Waals surface area contributed by atoms with Gasteiger partial charge in [-0.3, -0.25) is 19.2 Å². The van der Waals surface area contributed by atoms with Gasteiger partial charge in [-0.15, -0.1) is 13.3 Å². The van der Waals surface area contributed by atoms with Crippen molar-refractivity contribution in [3.63, 3.8) is 0 Å². The van der Waals surface area contributed by atoms with E-state index in [4.69, 9.17) is 4.74 Å². The standard InChI is InChI=1S/C18H17FN4O2.C12H18N3OP.C2H6/c1-11-3-6-14(13(19)9-11)25-17-8-7-15-20-16(10-23(15)21-17)22(2)18(24)12-4-5-12;1-8-7-10(15(3)14-8)13-11(16)12(5-6-12)9(2)17-4;1-2/h3,6-10,12H,4-5H2,1-2H3;7H,5-6H2,1-4H3,(H,13,16);1-2H3. The van der Waals surface area contributed by atoms with Crippen molar-refractivity contribution in [3.05, 3.63) is 59.7 Å². The van der Waals surface area contributed by atoms with Crippen LogP contribution in [-0.4, -0.2) is 55.2 Å². The smallest absolute Gasteiger partial charge is 0.237 e. The second-order valence-corrected chi connectivity index (χ2v) is 12.0. The molecule has 6 rings (SSSR count). The third-order valence-corrected chi connectivity index (χ3v) is 8.74. The average molecular weight is 622 g/mol. The lowest BCUT2D eigenvalue weighted by Gasteiger charge is -2.15. The molecular weight excluding hydrogens is 580 g/mol. The van der Waals surface area contributed by atoms with Crippen molar-refractivity contribution in [2.75, 3.05) is 23.9 Å². The van der Waals surface area contributed by atoms with E-state index in [1.807, 2.05) is 40.8 Å². The minimum Gasteiger partial charge on any atom is -0.435 e. The van der Waals surface area contributed by atoms with Gasteiger partial charge in [-0.25, -0.2) is 13.9 Å². The maximum atomic E-state index is 13.9. The third kappa shape index (κ3) is 7.33. The summed E-state index contributed by atoms with van der Waals surface area (Å²) < 4.78 is 22.7. The fourth-order valence-electron chi connectivity index (χ4n) is 4.64. The number of anilines is 2. The van der Waals surface area contributed by atoms with Crippen LogP contribution in [0.3, 0.4) is 0 Å². The first kappa shape index (κ1) is 32.8. The normalized spacial score (nSPS) is 15.0. The van der Waals surface area contributed by atoms with E-state index < -0.39 is 5.82 Å². The molecule has 0 bridgehead atoms. The van der Waals surface area contributed by atoms with Crippen molar-refractivity contribution in [2.45, 2.75) is 60.3 Å². The molecule has 12 heteroatoms. The predicted octanol–water partition coefficient (Wildman–Crippen LogP) is 6.58. The molecule has 44 heavy (non-hydrogen) atoms. The summed E-state index contributed by atoms with van der Waals surface area (Å²) in [6.07, 6.45) is 5.49. The number of nitrogens with one attached hydrogen (secondary N) is 1. The van der Waals surface area contributed by atoms with Crippen molar-refractivity contribution in [2.24, 2.45) is 18.4 Å². The predicted molar refractivity (Wildman–Crippen MR) is 173 cm³/mol. The Balaban J connectivity index is 0.000000203. The summed E-state index contributed by atoms with van der Waals surface area (Å²) in [5, 5.41) is 12.8. The first-order valence-electron chi connectivity index (χ1n) is 14.8. The third-order valence-electron chi connectivity index (χ3n) is 7.64. The van der Waals surface area contributed by atoms with E-state index in [2.05, 4.69) is 34.1 Å². The van der Waals surface area contributed by atoms with Crippen molar-refractivity contribution in [1.29, 1.82) is 0 Å². The molecule has 3 heterocycles. The zero-order valence-electron chi connectivity index (χ0n) is 26.7. The van der Waals surface area contributed by atoms with Gasteiger partial charge >= 0.3 is 0 Å². The zero-order valence-corrected chi connectivity index (χ0v) is 27.6. The van der Waals surface area contributed by atoms with E-state index >= 15 is 0 Å². The number of ether oxygens (including phenoxy) is 1. The molecule has 2 amide bonds. The molecule has 4 aromatic rings. The molecule has 2 aliphatic rings. The van der Waals surface area contributed by atoms with Gasteiger partial charge in [0.05, 0.1) is 17.3 Å². The summed E-state index contributed by atoms with van der Waals surface area (Å²) in [6.45, 7) is 11.9. The second kappa shape index (κ2) is 13.7. The van der Waals surface area contributed by atoms with Crippen LogP contribution in [0, 0.1) is 31.0 Å². The Labute approximate surface area is 259 Å². The number of halogens is 1. The van der Waals surface area contributed by atoms with Crippen LogP contribution < -0.4 is 15.0 Å². The highest BCUT2D eigenvalue weighted by Crippen LogP contribution is 2.49. The fourth-order valence-corrected chi connectivity index (χ4v) is 5.40. The highest BCUT2D eigenvalue weighted by atomic mass is 31.1. The Kier molecular flexibility index (Phi) is 10.2. The number of fused-ring (bicyclic) bond motifs is 1. The highest BCUT2D eigenvalue weighted by Gasteiger charge is 2.51. The first-order valence-corrected chi connectivity index (χ1v) is 16.2.